The molecule has 5 nitrogen and oxygen atoms in total. The lowest BCUT2D eigenvalue weighted by molar-refractivity contribution is -0.125. The highest BCUT2D eigenvalue weighted by atomic mass is 16.5. The van der Waals surface area contributed by atoms with Crippen molar-refractivity contribution >= 4 is 22.4 Å². The Morgan fingerprint density at radius 1 is 1.27 bits per heavy atom. The number of hydrogen-bond acceptors (Lipinski definition) is 4. The first-order chi connectivity index (χ1) is 12.6. The largest absolute Gasteiger partial charge is 0.496 e. The van der Waals surface area contributed by atoms with Gasteiger partial charge in [-0.1, -0.05) is 56.4 Å². The van der Waals surface area contributed by atoms with Crippen molar-refractivity contribution in [3.05, 3.63) is 36.4 Å². The number of methoxy groups -OCH3 is 1. The molecule has 2 aromatic rings. The number of aliphatic hydroxyl groups excluding tert-OH is 1. The molecule has 1 unspecified atom stereocenters. The highest BCUT2D eigenvalue weighted by Crippen LogP contribution is 2.30. The van der Waals surface area contributed by atoms with E-state index in [1.54, 1.807) is 13.2 Å². The second-order valence-electron chi connectivity index (χ2n) is 7.24. The Morgan fingerprint density at radius 3 is 2.73 bits per heavy atom. The quantitative estimate of drug-likeness (QED) is 0.740. The normalized spacial score (nSPS) is 17.7. The highest BCUT2D eigenvalue weighted by Gasteiger charge is 2.26. The monoisotopic (exact) mass is 356 g/mol. The van der Waals surface area contributed by atoms with Crippen molar-refractivity contribution in [3.8, 4) is 5.75 Å². The average Bonchev–Trinajstić information content (AvgIpc) is 2.67. The van der Waals surface area contributed by atoms with Crippen molar-refractivity contribution in [2.75, 3.05) is 12.4 Å². The number of ether oxygens (including phenoxy) is 1. The van der Waals surface area contributed by atoms with Gasteiger partial charge in [-0.15, -0.1) is 0 Å². The van der Waals surface area contributed by atoms with Crippen LogP contribution in [0.2, 0.25) is 0 Å². The van der Waals surface area contributed by atoms with Gasteiger partial charge in [-0.2, -0.15) is 0 Å². The van der Waals surface area contributed by atoms with Crippen molar-refractivity contribution < 1.29 is 14.6 Å². The summed E-state index contributed by atoms with van der Waals surface area (Å²) in [6, 6.07) is 10.9. The van der Waals surface area contributed by atoms with Gasteiger partial charge in [-0.3, -0.25) is 4.79 Å². The molecule has 0 bridgehead atoms. The molecule has 3 rings (SSSR count). The lowest BCUT2D eigenvalue weighted by Crippen LogP contribution is -2.44. The Balaban J connectivity index is 1.67. The Bertz CT molecular complexity index is 756. The third-order valence-electron chi connectivity index (χ3n) is 5.32. The number of anilines is 1. The van der Waals surface area contributed by atoms with Gasteiger partial charge in [0.2, 0.25) is 0 Å². The summed E-state index contributed by atoms with van der Waals surface area (Å²) in [5, 5.41) is 15.1. The zero-order chi connectivity index (χ0) is 18.5. The first-order valence-electron chi connectivity index (χ1n) is 9.40. The number of nitrogens with one attached hydrogen (secondary N) is 1. The van der Waals surface area contributed by atoms with Gasteiger partial charge in [0.25, 0.3) is 5.91 Å². The van der Waals surface area contributed by atoms with E-state index in [9.17, 15) is 9.90 Å². The zero-order valence-electron chi connectivity index (χ0n) is 15.3. The maximum atomic E-state index is 12.4. The molecule has 2 aromatic carbocycles. The minimum atomic E-state index is -1.21. The van der Waals surface area contributed by atoms with Crippen LogP contribution in [0.5, 0.6) is 5.75 Å². The summed E-state index contributed by atoms with van der Waals surface area (Å²) in [5.41, 5.74) is 6.71. The molecule has 2 atom stereocenters. The molecule has 0 aromatic heterocycles. The number of aliphatic hydroxyl groups is 1. The summed E-state index contributed by atoms with van der Waals surface area (Å²) in [4.78, 5) is 12.4. The number of benzene rings is 2. The van der Waals surface area contributed by atoms with Crippen LogP contribution in [0.25, 0.3) is 10.8 Å². The summed E-state index contributed by atoms with van der Waals surface area (Å²) in [5.74, 6) is 0.729. The van der Waals surface area contributed by atoms with Crippen molar-refractivity contribution in [2.45, 2.75) is 50.7 Å². The summed E-state index contributed by atoms with van der Waals surface area (Å²) in [6.45, 7) is 0. The molecule has 0 radical (unpaired) electrons. The Labute approximate surface area is 154 Å². The lowest BCUT2D eigenvalue weighted by atomic mass is 9.84. The topological polar surface area (TPSA) is 84.6 Å². The van der Waals surface area contributed by atoms with Gasteiger partial charge in [-0.05, 0) is 23.8 Å². The van der Waals surface area contributed by atoms with E-state index >= 15 is 0 Å². The molecule has 0 saturated heterocycles. The molecule has 1 aliphatic carbocycles. The third kappa shape index (κ3) is 4.34. The van der Waals surface area contributed by atoms with Gasteiger partial charge in [0.1, 0.15) is 11.9 Å². The van der Waals surface area contributed by atoms with E-state index in [1.807, 2.05) is 30.3 Å². The number of carbonyl (C=O) groups is 1. The lowest BCUT2D eigenvalue weighted by Gasteiger charge is -2.26. The van der Waals surface area contributed by atoms with Crippen LogP contribution < -0.4 is 15.8 Å². The predicted molar refractivity (Wildman–Crippen MR) is 104 cm³/mol. The number of nitrogens with two attached hydrogens (primary N) is 1. The first kappa shape index (κ1) is 18.7. The molecule has 0 heterocycles. The van der Waals surface area contributed by atoms with Gasteiger partial charge >= 0.3 is 0 Å². The molecular weight excluding hydrogens is 328 g/mol. The van der Waals surface area contributed by atoms with Crippen LogP contribution in [0.15, 0.2) is 36.4 Å². The molecule has 1 fully saturated rings. The number of carbonyl (C=O) groups excluding carboxylic acids is 1. The number of rotatable bonds is 6. The van der Waals surface area contributed by atoms with Crippen LogP contribution >= 0.6 is 0 Å². The summed E-state index contributed by atoms with van der Waals surface area (Å²) < 4.78 is 5.42. The second-order valence-corrected chi connectivity index (χ2v) is 7.24. The number of fused-ring (bicyclic) bond motifs is 1. The minimum absolute atomic E-state index is 0.467. The molecule has 1 aliphatic rings. The van der Waals surface area contributed by atoms with Gasteiger partial charge in [0, 0.05) is 23.2 Å². The van der Waals surface area contributed by atoms with Gasteiger partial charge in [0.15, 0.2) is 0 Å². The van der Waals surface area contributed by atoms with Crippen molar-refractivity contribution in [2.24, 2.45) is 11.7 Å². The standard InChI is InChI=1S/C21H28N2O3/c1-26-19-13-16(12-15-9-5-6-10-17(15)19)23-21(25)20(24)18(22)11-14-7-3-2-4-8-14/h5-6,9-10,12-14,18,20,24H,2-4,7-8,11,22H2,1H3,(H,23,25)/t18-,20?/m1/s1. The number of amides is 1. The highest BCUT2D eigenvalue weighted by molar-refractivity contribution is 5.98. The van der Waals surface area contributed by atoms with Crippen molar-refractivity contribution in [3.63, 3.8) is 0 Å². The van der Waals surface area contributed by atoms with E-state index in [1.165, 1.54) is 19.3 Å². The number of hydrogen-bond donors (Lipinski definition) is 3. The van der Waals surface area contributed by atoms with E-state index in [0.717, 1.165) is 23.6 Å². The molecule has 1 saturated carbocycles. The van der Waals surface area contributed by atoms with Crippen LogP contribution in [-0.2, 0) is 4.79 Å². The van der Waals surface area contributed by atoms with Crippen molar-refractivity contribution in [1.29, 1.82) is 0 Å². The molecule has 26 heavy (non-hydrogen) atoms. The second kappa shape index (κ2) is 8.52. The Hall–Kier alpha value is -2.11. The molecule has 1 amide bonds. The summed E-state index contributed by atoms with van der Waals surface area (Å²) in [6.07, 6.45) is 5.48. The van der Waals surface area contributed by atoms with Crippen LogP contribution in [0.1, 0.15) is 38.5 Å². The van der Waals surface area contributed by atoms with Crippen LogP contribution in [0, 0.1) is 5.92 Å². The van der Waals surface area contributed by atoms with E-state index in [4.69, 9.17) is 10.5 Å². The fourth-order valence-electron chi connectivity index (χ4n) is 3.86. The Morgan fingerprint density at radius 2 is 2.00 bits per heavy atom. The van der Waals surface area contributed by atoms with Crippen LogP contribution in [0.3, 0.4) is 0 Å². The molecular formula is C21H28N2O3. The minimum Gasteiger partial charge on any atom is -0.496 e. The van der Waals surface area contributed by atoms with Gasteiger partial charge in [0.05, 0.1) is 7.11 Å². The molecule has 0 spiro atoms. The predicted octanol–water partition coefficient (Wildman–Crippen LogP) is 3.45. The Kier molecular flexibility index (Phi) is 6.12. The van der Waals surface area contributed by atoms with E-state index in [0.29, 0.717) is 23.8 Å². The van der Waals surface area contributed by atoms with E-state index < -0.39 is 18.1 Å². The SMILES string of the molecule is COc1cc(NC(=O)C(O)[C@H](N)CC2CCCCC2)cc2ccccc12. The maximum Gasteiger partial charge on any atom is 0.254 e. The fourth-order valence-corrected chi connectivity index (χ4v) is 3.86. The zero-order valence-corrected chi connectivity index (χ0v) is 15.3. The average molecular weight is 356 g/mol. The maximum absolute atomic E-state index is 12.4. The van der Waals surface area contributed by atoms with E-state index in [2.05, 4.69) is 5.32 Å². The van der Waals surface area contributed by atoms with Crippen LogP contribution in [0.4, 0.5) is 5.69 Å². The van der Waals surface area contributed by atoms with Gasteiger partial charge in [-0.25, -0.2) is 0 Å². The molecule has 0 aliphatic heterocycles. The smallest absolute Gasteiger partial charge is 0.254 e. The summed E-state index contributed by atoms with van der Waals surface area (Å²) >= 11 is 0. The van der Waals surface area contributed by atoms with Crippen molar-refractivity contribution in [1.82, 2.24) is 0 Å². The summed E-state index contributed by atoms with van der Waals surface area (Å²) in [7, 11) is 1.60. The fraction of sp³-hybridized carbons (Fsp3) is 0.476. The molecule has 4 N–H and O–H groups in total. The molecule has 5 heteroatoms. The third-order valence-corrected chi connectivity index (χ3v) is 5.32. The van der Waals surface area contributed by atoms with Gasteiger partial charge < -0.3 is 20.9 Å². The first-order valence-corrected chi connectivity index (χ1v) is 9.40. The van der Waals surface area contributed by atoms with Crippen LogP contribution in [-0.4, -0.2) is 30.3 Å². The molecule has 140 valence electrons. The van der Waals surface area contributed by atoms with E-state index in [-0.39, 0.29) is 0 Å².